The van der Waals surface area contributed by atoms with Crippen LogP contribution < -0.4 is 14.2 Å². The Hall–Kier alpha value is -1.84. The van der Waals surface area contributed by atoms with Crippen molar-refractivity contribution in [3.63, 3.8) is 0 Å². The number of ketones is 1. The van der Waals surface area contributed by atoms with Crippen LogP contribution in [0.4, 0.5) is 0 Å². The molecule has 9 heteroatoms. The number of benzene rings is 1. The number of sulfonamides is 1. The van der Waals surface area contributed by atoms with E-state index >= 15 is 0 Å². The van der Waals surface area contributed by atoms with E-state index < -0.39 is 10.0 Å². The molecule has 1 saturated heterocycles. The number of carbonyl (C=O) groups excluding carboxylic acids is 1. The van der Waals surface area contributed by atoms with Crippen LogP contribution in [0.3, 0.4) is 0 Å². The molecular weight excluding hydrogens is 360 g/mol. The predicted octanol–water partition coefficient (Wildman–Crippen LogP) is 0.765. The molecule has 3 heterocycles. The summed E-state index contributed by atoms with van der Waals surface area (Å²) >= 11 is 0. The molecule has 0 amide bonds. The molecule has 0 radical (unpaired) electrons. The minimum atomic E-state index is -3.79. The van der Waals surface area contributed by atoms with Crippen LogP contribution in [0.5, 0.6) is 17.2 Å². The first-order valence-electron chi connectivity index (χ1n) is 8.65. The van der Waals surface area contributed by atoms with E-state index in [-0.39, 0.29) is 49.2 Å². The van der Waals surface area contributed by atoms with Gasteiger partial charge in [0, 0.05) is 44.6 Å². The molecule has 0 aromatic heterocycles. The summed E-state index contributed by atoms with van der Waals surface area (Å²) in [7, 11) is -0.257. The number of ether oxygens (including phenoxy) is 3. The first kappa shape index (κ1) is 17.6. The maximum absolute atomic E-state index is 13.4. The van der Waals surface area contributed by atoms with E-state index in [0.29, 0.717) is 24.5 Å². The first-order chi connectivity index (χ1) is 12.4. The summed E-state index contributed by atoms with van der Waals surface area (Å²) in [6.07, 6.45) is 1.08. The monoisotopic (exact) mass is 382 g/mol. The van der Waals surface area contributed by atoms with Crippen LogP contribution in [-0.4, -0.2) is 64.0 Å². The lowest BCUT2D eigenvalue weighted by molar-refractivity contribution is -0.120. The summed E-state index contributed by atoms with van der Waals surface area (Å²) in [6, 6.07) is 0. The standard InChI is InChI=1S/C17H22N2O6S/c1-18-6-5-12-13(9-18)14(23-2)15-16(25-10-24-15)17(12)26(21,22)19-7-3-11(20)4-8-19/h3-10H2,1-2H3. The largest absolute Gasteiger partial charge is 0.492 e. The van der Waals surface area contributed by atoms with E-state index in [1.165, 1.54) is 4.31 Å². The molecule has 0 spiro atoms. The number of hydrogen-bond acceptors (Lipinski definition) is 7. The van der Waals surface area contributed by atoms with Gasteiger partial charge in [0.05, 0.1) is 7.11 Å². The van der Waals surface area contributed by atoms with Crippen LogP contribution in [0, 0.1) is 0 Å². The van der Waals surface area contributed by atoms with Gasteiger partial charge in [-0.15, -0.1) is 0 Å². The number of carbonyl (C=O) groups is 1. The molecule has 142 valence electrons. The van der Waals surface area contributed by atoms with Crippen molar-refractivity contribution < 1.29 is 27.4 Å². The normalized spacial score (nSPS) is 20.9. The van der Waals surface area contributed by atoms with Gasteiger partial charge in [-0.05, 0) is 19.0 Å². The summed E-state index contributed by atoms with van der Waals surface area (Å²) < 4.78 is 44.9. The number of likely N-dealkylation sites (N-methyl/N-ethyl adjacent to an activating group) is 1. The lowest BCUT2D eigenvalue weighted by Gasteiger charge is -2.31. The van der Waals surface area contributed by atoms with Crippen LogP contribution in [0.15, 0.2) is 4.90 Å². The highest BCUT2D eigenvalue weighted by molar-refractivity contribution is 7.89. The lowest BCUT2D eigenvalue weighted by atomic mass is 9.97. The van der Waals surface area contributed by atoms with Crippen molar-refractivity contribution in [3.05, 3.63) is 11.1 Å². The predicted molar refractivity (Wildman–Crippen MR) is 92.2 cm³/mol. The zero-order valence-corrected chi connectivity index (χ0v) is 15.7. The first-order valence-corrected chi connectivity index (χ1v) is 10.1. The molecule has 0 atom stereocenters. The van der Waals surface area contributed by atoms with Gasteiger partial charge in [-0.3, -0.25) is 4.79 Å². The van der Waals surface area contributed by atoms with Crippen LogP contribution >= 0.6 is 0 Å². The van der Waals surface area contributed by atoms with Crippen LogP contribution in [0.2, 0.25) is 0 Å². The van der Waals surface area contributed by atoms with Crippen molar-refractivity contribution in [2.45, 2.75) is 30.7 Å². The molecule has 1 fully saturated rings. The Morgan fingerprint density at radius 3 is 2.38 bits per heavy atom. The van der Waals surface area contributed by atoms with Gasteiger partial charge in [-0.2, -0.15) is 4.31 Å². The highest BCUT2D eigenvalue weighted by Crippen LogP contribution is 2.51. The third-order valence-corrected chi connectivity index (χ3v) is 7.18. The van der Waals surface area contributed by atoms with Gasteiger partial charge in [-0.25, -0.2) is 8.42 Å². The fourth-order valence-corrected chi connectivity index (χ4v) is 5.69. The van der Waals surface area contributed by atoms with Crippen LogP contribution in [0.25, 0.3) is 0 Å². The summed E-state index contributed by atoms with van der Waals surface area (Å²) in [5.41, 5.74) is 1.57. The lowest BCUT2D eigenvalue weighted by Crippen LogP contribution is -2.39. The molecule has 26 heavy (non-hydrogen) atoms. The number of fused-ring (bicyclic) bond motifs is 2. The van der Waals surface area contributed by atoms with Gasteiger partial charge in [0.2, 0.25) is 22.6 Å². The summed E-state index contributed by atoms with van der Waals surface area (Å²) in [6.45, 7) is 1.70. The average Bonchev–Trinajstić information content (AvgIpc) is 3.08. The van der Waals surface area contributed by atoms with Gasteiger partial charge in [-0.1, -0.05) is 0 Å². The molecule has 0 bridgehead atoms. The molecule has 8 nitrogen and oxygen atoms in total. The van der Waals surface area contributed by atoms with Gasteiger partial charge < -0.3 is 19.1 Å². The third kappa shape index (κ3) is 2.65. The molecule has 4 rings (SSSR count). The topological polar surface area (TPSA) is 85.4 Å². The van der Waals surface area contributed by atoms with Gasteiger partial charge in [0.1, 0.15) is 10.7 Å². The molecule has 1 aromatic carbocycles. The molecule has 3 aliphatic heterocycles. The summed E-state index contributed by atoms with van der Waals surface area (Å²) in [5, 5.41) is 0. The fraction of sp³-hybridized carbons (Fsp3) is 0.588. The zero-order valence-electron chi connectivity index (χ0n) is 14.9. The maximum Gasteiger partial charge on any atom is 0.247 e. The van der Waals surface area contributed by atoms with Crippen molar-refractivity contribution in [2.75, 3.05) is 40.6 Å². The van der Waals surface area contributed by atoms with Gasteiger partial charge >= 0.3 is 0 Å². The Labute approximate surface area is 152 Å². The molecule has 0 aliphatic carbocycles. The second-order valence-electron chi connectivity index (χ2n) is 6.81. The third-order valence-electron chi connectivity index (χ3n) is 5.19. The minimum absolute atomic E-state index is 0.0363. The fourth-order valence-electron chi connectivity index (χ4n) is 3.84. The molecule has 0 unspecified atom stereocenters. The van der Waals surface area contributed by atoms with Crippen molar-refractivity contribution in [1.29, 1.82) is 0 Å². The van der Waals surface area contributed by atoms with Gasteiger partial charge in [0.25, 0.3) is 0 Å². The van der Waals surface area contributed by atoms with Crippen LogP contribution in [0.1, 0.15) is 24.0 Å². The summed E-state index contributed by atoms with van der Waals surface area (Å²) in [4.78, 5) is 13.8. The Morgan fingerprint density at radius 2 is 1.69 bits per heavy atom. The Bertz CT molecular complexity index is 857. The zero-order chi connectivity index (χ0) is 18.5. The van der Waals surface area contributed by atoms with E-state index in [1.54, 1.807) is 7.11 Å². The number of hydrogen-bond donors (Lipinski definition) is 0. The quantitative estimate of drug-likeness (QED) is 0.763. The Morgan fingerprint density at radius 1 is 1.00 bits per heavy atom. The second-order valence-corrected chi connectivity index (χ2v) is 8.69. The van der Waals surface area contributed by atoms with Crippen LogP contribution in [-0.2, 0) is 27.8 Å². The van der Waals surface area contributed by atoms with E-state index in [2.05, 4.69) is 4.90 Å². The number of methoxy groups -OCH3 is 1. The van der Waals surface area contributed by atoms with E-state index in [0.717, 1.165) is 17.7 Å². The Kier molecular flexibility index (Phi) is 4.32. The Balaban J connectivity index is 1.90. The van der Waals surface area contributed by atoms with Crippen molar-refractivity contribution in [2.24, 2.45) is 0 Å². The molecule has 0 saturated carbocycles. The summed E-state index contributed by atoms with van der Waals surface area (Å²) in [5.74, 6) is 1.24. The molecular formula is C17H22N2O6S. The van der Waals surface area contributed by atoms with Crippen molar-refractivity contribution in [1.82, 2.24) is 9.21 Å². The van der Waals surface area contributed by atoms with Crippen molar-refractivity contribution in [3.8, 4) is 17.2 Å². The molecule has 1 aromatic rings. The van der Waals surface area contributed by atoms with Gasteiger partial charge in [0.15, 0.2) is 11.5 Å². The van der Waals surface area contributed by atoms with E-state index in [1.807, 2.05) is 7.05 Å². The van der Waals surface area contributed by atoms with E-state index in [9.17, 15) is 13.2 Å². The average molecular weight is 382 g/mol. The number of piperidine rings is 1. The highest BCUT2D eigenvalue weighted by atomic mass is 32.2. The smallest absolute Gasteiger partial charge is 0.247 e. The number of Topliss-reactive ketones (excluding diaryl/α,β-unsaturated/α-hetero) is 1. The minimum Gasteiger partial charge on any atom is -0.492 e. The molecule has 3 aliphatic rings. The maximum atomic E-state index is 13.4. The number of nitrogens with zero attached hydrogens (tertiary/aromatic N) is 2. The van der Waals surface area contributed by atoms with Crippen molar-refractivity contribution >= 4 is 15.8 Å². The SMILES string of the molecule is COc1c2c(c(S(=O)(=O)N3CCC(=O)CC3)c3c1OCO3)CCN(C)C2. The highest BCUT2D eigenvalue weighted by Gasteiger charge is 2.40. The molecule has 0 N–H and O–H groups in total. The number of rotatable bonds is 3. The second kappa shape index (κ2) is 6.40. The van der Waals surface area contributed by atoms with E-state index in [4.69, 9.17) is 14.2 Å².